The Morgan fingerprint density at radius 1 is 1.04 bits per heavy atom. The van der Waals surface area contributed by atoms with Gasteiger partial charge in [0.15, 0.2) is 11.5 Å². The molecule has 0 spiro atoms. The van der Waals surface area contributed by atoms with Crippen molar-refractivity contribution in [3.63, 3.8) is 0 Å². The van der Waals surface area contributed by atoms with E-state index in [9.17, 15) is 4.79 Å². The van der Waals surface area contributed by atoms with Crippen LogP contribution < -0.4 is 9.47 Å². The zero-order valence-electron chi connectivity index (χ0n) is 13.5. The van der Waals surface area contributed by atoms with E-state index >= 15 is 0 Å². The highest BCUT2D eigenvalue weighted by Crippen LogP contribution is 2.27. The summed E-state index contributed by atoms with van der Waals surface area (Å²) in [6.07, 6.45) is 2.82. The fraction of sp³-hybridized carbons (Fsp3) is 0.211. The van der Waals surface area contributed by atoms with E-state index in [2.05, 4.69) is 6.58 Å². The molecule has 0 saturated carbocycles. The summed E-state index contributed by atoms with van der Waals surface area (Å²) in [5, 5.41) is 8.37. The lowest BCUT2D eigenvalue weighted by atomic mass is 10.1. The van der Waals surface area contributed by atoms with Crippen LogP contribution in [-0.4, -0.2) is 25.3 Å². The van der Waals surface area contributed by atoms with Crippen molar-refractivity contribution in [3.05, 3.63) is 72.3 Å². The molecule has 122 valence electrons. The number of allylic oxidation sites excluding steroid dienone is 1. The minimum Gasteiger partial charge on any atom is -0.493 e. The number of ether oxygens (including phenoxy) is 2. The predicted octanol–water partition coefficient (Wildman–Crippen LogP) is 3.75. The van der Waals surface area contributed by atoms with Gasteiger partial charge in [0.2, 0.25) is 0 Å². The van der Waals surface area contributed by atoms with E-state index in [0.29, 0.717) is 0 Å². The fourth-order valence-electron chi connectivity index (χ4n) is 1.94. The second kappa shape index (κ2) is 10.1. The fourth-order valence-corrected chi connectivity index (χ4v) is 1.94. The number of carbonyl (C=O) groups is 1. The van der Waals surface area contributed by atoms with E-state index in [-0.39, 0.29) is 6.42 Å². The van der Waals surface area contributed by atoms with E-state index in [1.54, 1.807) is 26.4 Å². The first-order chi connectivity index (χ1) is 11.1. The third-order valence-electron chi connectivity index (χ3n) is 3.03. The van der Waals surface area contributed by atoms with Gasteiger partial charge in [-0.3, -0.25) is 4.79 Å². The maximum Gasteiger partial charge on any atom is 0.307 e. The summed E-state index contributed by atoms with van der Waals surface area (Å²) in [6, 6.07) is 15.0. The summed E-state index contributed by atoms with van der Waals surface area (Å²) in [6.45, 7) is 3.68. The topological polar surface area (TPSA) is 55.8 Å². The molecule has 0 bridgehead atoms. The van der Waals surface area contributed by atoms with Gasteiger partial charge in [0.05, 0.1) is 20.6 Å². The molecule has 1 N–H and O–H groups in total. The summed E-state index contributed by atoms with van der Waals surface area (Å²) in [4.78, 5) is 10.2. The van der Waals surface area contributed by atoms with Gasteiger partial charge in [-0.15, -0.1) is 6.58 Å². The Bertz CT molecular complexity index is 621. The molecule has 0 aromatic heterocycles. The molecule has 0 amide bonds. The van der Waals surface area contributed by atoms with Gasteiger partial charge < -0.3 is 14.6 Å². The van der Waals surface area contributed by atoms with Crippen molar-refractivity contribution < 1.29 is 19.4 Å². The molecule has 0 aliphatic rings. The number of hydrogen-bond acceptors (Lipinski definition) is 3. The predicted molar refractivity (Wildman–Crippen MR) is 91.2 cm³/mol. The normalized spacial score (nSPS) is 9.30. The Labute approximate surface area is 137 Å². The molecule has 4 nitrogen and oxygen atoms in total. The van der Waals surface area contributed by atoms with E-state index in [1.807, 2.05) is 42.5 Å². The molecule has 0 radical (unpaired) electrons. The smallest absolute Gasteiger partial charge is 0.307 e. The molecule has 2 aromatic carbocycles. The van der Waals surface area contributed by atoms with Crippen LogP contribution in [0.2, 0.25) is 0 Å². The largest absolute Gasteiger partial charge is 0.493 e. The second-order valence-electron chi connectivity index (χ2n) is 4.74. The van der Waals surface area contributed by atoms with Crippen LogP contribution in [0, 0.1) is 0 Å². The number of aliphatic carboxylic acids is 1. The molecule has 0 unspecified atom stereocenters. The Kier molecular flexibility index (Phi) is 8.00. The van der Waals surface area contributed by atoms with Gasteiger partial charge in [-0.2, -0.15) is 0 Å². The molecule has 0 fully saturated rings. The van der Waals surface area contributed by atoms with Crippen molar-refractivity contribution in [1.82, 2.24) is 0 Å². The first-order valence-corrected chi connectivity index (χ1v) is 7.18. The van der Waals surface area contributed by atoms with E-state index in [4.69, 9.17) is 14.6 Å². The maximum absolute atomic E-state index is 10.2. The Morgan fingerprint density at radius 3 is 2.22 bits per heavy atom. The minimum absolute atomic E-state index is 0.112. The lowest BCUT2D eigenvalue weighted by molar-refractivity contribution is -0.136. The van der Waals surface area contributed by atoms with E-state index < -0.39 is 5.97 Å². The molecule has 0 atom stereocenters. The summed E-state index contributed by atoms with van der Waals surface area (Å²) in [5.41, 5.74) is 2.02. The highest BCUT2D eigenvalue weighted by molar-refractivity contribution is 5.70. The number of rotatable bonds is 6. The third kappa shape index (κ3) is 6.70. The van der Waals surface area contributed by atoms with Crippen LogP contribution in [0.4, 0.5) is 0 Å². The van der Waals surface area contributed by atoms with Crippen molar-refractivity contribution in [2.24, 2.45) is 0 Å². The Hall–Kier alpha value is -2.75. The van der Waals surface area contributed by atoms with E-state index in [0.717, 1.165) is 23.5 Å². The number of benzene rings is 2. The highest BCUT2D eigenvalue weighted by Gasteiger charge is 2.02. The lowest BCUT2D eigenvalue weighted by Gasteiger charge is -2.08. The van der Waals surface area contributed by atoms with Crippen LogP contribution in [0.1, 0.15) is 11.1 Å². The standard InChI is InChI=1S/C11H14O2.C8H8O2/c1-4-5-9-6-7-10(12-2)11(8-9)13-3;9-8(10)6-7-4-2-1-3-5-7/h4,6-8H,1,5H2,2-3H3;1-5H,6H2,(H,9,10). The zero-order valence-corrected chi connectivity index (χ0v) is 13.5. The lowest BCUT2D eigenvalue weighted by Crippen LogP contribution is -1.98. The molecule has 4 heteroatoms. The van der Waals surface area contributed by atoms with Gasteiger partial charge in [-0.1, -0.05) is 42.5 Å². The number of hydrogen-bond donors (Lipinski definition) is 1. The Morgan fingerprint density at radius 2 is 1.70 bits per heavy atom. The maximum atomic E-state index is 10.2. The van der Waals surface area contributed by atoms with Gasteiger partial charge in [0, 0.05) is 0 Å². The summed E-state index contributed by atoms with van der Waals surface area (Å²) in [7, 11) is 3.26. The summed E-state index contributed by atoms with van der Waals surface area (Å²) < 4.78 is 10.3. The average Bonchev–Trinajstić information content (AvgIpc) is 2.56. The number of methoxy groups -OCH3 is 2. The highest BCUT2D eigenvalue weighted by atomic mass is 16.5. The monoisotopic (exact) mass is 314 g/mol. The molecule has 0 heterocycles. The first-order valence-electron chi connectivity index (χ1n) is 7.18. The third-order valence-corrected chi connectivity index (χ3v) is 3.03. The molecule has 2 rings (SSSR count). The summed E-state index contributed by atoms with van der Waals surface area (Å²) >= 11 is 0. The van der Waals surface area contributed by atoms with Crippen LogP contribution in [-0.2, 0) is 17.6 Å². The molecular formula is C19H22O4. The van der Waals surface area contributed by atoms with Crippen molar-refractivity contribution in [3.8, 4) is 11.5 Å². The minimum atomic E-state index is -0.786. The zero-order chi connectivity index (χ0) is 17.1. The van der Waals surface area contributed by atoms with Crippen molar-refractivity contribution in [1.29, 1.82) is 0 Å². The molecule has 0 aliphatic heterocycles. The van der Waals surface area contributed by atoms with Gasteiger partial charge in [-0.05, 0) is 29.7 Å². The summed E-state index contributed by atoms with van der Waals surface area (Å²) in [5.74, 6) is 0.739. The van der Waals surface area contributed by atoms with E-state index in [1.165, 1.54) is 5.56 Å². The number of carboxylic acids is 1. The molecule has 23 heavy (non-hydrogen) atoms. The van der Waals surface area contributed by atoms with Crippen molar-refractivity contribution >= 4 is 5.97 Å². The van der Waals surface area contributed by atoms with Crippen LogP contribution in [0.5, 0.6) is 11.5 Å². The molecule has 2 aromatic rings. The SMILES string of the molecule is C=CCc1ccc(OC)c(OC)c1.O=C(O)Cc1ccccc1. The van der Waals surface area contributed by atoms with Crippen LogP contribution in [0.3, 0.4) is 0 Å². The first kappa shape index (κ1) is 18.3. The average molecular weight is 314 g/mol. The number of carboxylic acid groups (broad SMARTS) is 1. The molecule has 0 aliphatic carbocycles. The van der Waals surface area contributed by atoms with Gasteiger partial charge >= 0.3 is 5.97 Å². The van der Waals surface area contributed by atoms with Gasteiger partial charge in [0.25, 0.3) is 0 Å². The van der Waals surface area contributed by atoms with Gasteiger partial charge in [-0.25, -0.2) is 0 Å². The van der Waals surface area contributed by atoms with Crippen molar-refractivity contribution in [2.45, 2.75) is 12.8 Å². The van der Waals surface area contributed by atoms with Crippen LogP contribution >= 0.6 is 0 Å². The molecular weight excluding hydrogens is 292 g/mol. The van der Waals surface area contributed by atoms with Crippen LogP contribution in [0.15, 0.2) is 61.2 Å². The quantitative estimate of drug-likeness (QED) is 0.825. The van der Waals surface area contributed by atoms with Crippen molar-refractivity contribution in [2.75, 3.05) is 14.2 Å². The van der Waals surface area contributed by atoms with Crippen LogP contribution in [0.25, 0.3) is 0 Å². The van der Waals surface area contributed by atoms with Gasteiger partial charge in [0.1, 0.15) is 0 Å². The Balaban J connectivity index is 0.000000238. The second-order valence-corrected chi connectivity index (χ2v) is 4.74. The molecule has 0 saturated heterocycles.